The Morgan fingerprint density at radius 3 is 1.96 bits per heavy atom. The Bertz CT molecular complexity index is 1270. The lowest BCUT2D eigenvalue weighted by molar-refractivity contribution is 0.790. The van der Waals surface area contributed by atoms with Gasteiger partial charge >= 0.3 is 5.69 Å². The molecule has 134 valence electrons. The van der Waals surface area contributed by atoms with E-state index in [0.29, 0.717) is 16.9 Å². The molecule has 2 aromatic carbocycles. The zero-order valence-electron chi connectivity index (χ0n) is 15.3. The van der Waals surface area contributed by atoms with Gasteiger partial charge in [-0.05, 0) is 13.8 Å². The number of nitrogens with one attached hydrogen (secondary N) is 1. The molecule has 0 saturated heterocycles. The largest absolute Gasteiger partial charge is 0.329 e. The van der Waals surface area contributed by atoms with E-state index in [0.717, 1.165) is 26.8 Å². The van der Waals surface area contributed by atoms with Crippen LogP contribution in [0.4, 0.5) is 0 Å². The SMILES string of the molecule is Cc1ccc(-c2nc(-c3ccc(C)cc3)c3c(=O)n(C)c(=O)[nH]c3n2)cc1. The van der Waals surface area contributed by atoms with Crippen molar-refractivity contribution in [3.8, 4) is 22.6 Å². The lowest BCUT2D eigenvalue weighted by atomic mass is 10.1. The topological polar surface area (TPSA) is 80.6 Å². The molecule has 0 bridgehead atoms. The number of benzene rings is 2. The van der Waals surface area contributed by atoms with Crippen molar-refractivity contribution < 1.29 is 0 Å². The van der Waals surface area contributed by atoms with E-state index in [-0.39, 0.29) is 5.65 Å². The summed E-state index contributed by atoms with van der Waals surface area (Å²) in [6.07, 6.45) is 0. The van der Waals surface area contributed by atoms with E-state index in [1.54, 1.807) is 0 Å². The maximum absolute atomic E-state index is 12.8. The maximum Gasteiger partial charge on any atom is 0.329 e. The fourth-order valence-corrected chi connectivity index (χ4v) is 2.95. The predicted octanol–water partition coefficient (Wildman–Crippen LogP) is 2.97. The van der Waals surface area contributed by atoms with Crippen molar-refractivity contribution in [2.75, 3.05) is 0 Å². The van der Waals surface area contributed by atoms with E-state index in [1.165, 1.54) is 7.05 Å². The van der Waals surface area contributed by atoms with Crippen molar-refractivity contribution in [2.45, 2.75) is 13.8 Å². The standard InChI is InChI=1S/C21H18N4O2/c1-12-4-8-14(9-5-12)17-16-19(24-21(27)25(3)20(16)26)23-18(22-17)15-10-6-13(2)7-11-15/h4-11H,1-3H3,(H,22,23,24,27). The van der Waals surface area contributed by atoms with E-state index in [1.807, 2.05) is 62.4 Å². The Morgan fingerprint density at radius 1 is 0.815 bits per heavy atom. The van der Waals surface area contributed by atoms with Crippen LogP contribution in [-0.4, -0.2) is 19.5 Å². The minimum Gasteiger partial charge on any atom is -0.291 e. The van der Waals surface area contributed by atoms with Gasteiger partial charge in [0.25, 0.3) is 5.56 Å². The van der Waals surface area contributed by atoms with Gasteiger partial charge in [-0.3, -0.25) is 14.3 Å². The third-order valence-electron chi connectivity index (χ3n) is 4.59. The molecule has 0 aliphatic heterocycles. The zero-order chi connectivity index (χ0) is 19.1. The molecule has 0 saturated carbocycles. The molecule has 0 amide bonds. The third-order valence-corrected chi connectivity index (χ3v) is 4.59. The molecule has 6 nitrogen and oxygen atoms in total. The van der Waals surface area contributed by atoms with Crippen LogP contribution in [0.15, 0.2) is 58.1 Å². The van der Waals surface area contributed by atoms with Gasteiger partial charge in [-0.25, -0.2) is 14.8 Å². The molecule has 0 aliphatic rings. The minimum absolute atomic E-state index is 0.240. The number of aromatic nitrogens is 4. The van der Waals surface area contributed by atoms with Crippen molar-refractivity contribution in [1.29, 1.82) is 0 Å². The Hall–Kier alpha value is -3.54. The summed E-state index contributed by atoms with van der Waals surface area (Å²) in [5, 5.41) is 0.303. The van der Waals surface area contributed by atoms with Gasteiger partial charge in [0.15, 0.2) is 11.5 Å². The average Bonchev–Trinajstić information content (AvgIpc) is 2.66. The van der Waals surface area contributed by atoms with E-state index in [2.05, 4.69) is 15.0 Å². The first-order valence-corrected chi connectivity index (χ1v) is 8.59. The fourth-order valence-electron chi connectivity index (χ4n) is 2.95. The van der Waals surface area contributed by atoms with E-state index in [9.17, 15) is 9.59 Å². The van der Waals surface area contributed by atoms with Crippen LogP contribution >= 0.6 is 0 Å². The third kappa shape index (κ3) is 2.95. The smallest absolute Gasteiger partial charge is 0.291 e. The number of fused-ring (bicyclic) bond motifs is 1. The number of aromatic amines is 1. The molecule has 4 aromatic rings. The zero-order valence-corrected chi connectivity index (χ0v) is 15.3. The van der Waals surface area contributed by atoms with Gasteiger partial charge in [0.2, 0.25) is 0 Å². The van der Waals surface area contributed by atoms with E-state index in [4.69, 9.17) is 0 Å². The highest BCUT2D eigenvalue weighted by Gasteiger charge is 2.16. The fraction of sp³-hybridized carbons (Fsp3) is 0.143. The molecule has 0 radical (unpaired) electrons. The summed E-state index contributed by atoms with van der Waals surface area (Å²) < 4.78 is 1.04. The lowest BCUT2D eigenvalue weighted by Crippen LogP contribution is -2.33. The predicted molar refractivity (Wildman–Crippen MR) is 106 cm³/mol. The molecule has 0 spiro atoms. The van der Waals surface area contributed by atoms with Crippen LogP contribution in [-0.2, 0) is 7.05 Å². The molecule has 1 N–H and O–H groups in total. The van der Waals surface area contributed by atoms with Crippen LogP contribution in [0.1, 0.15) is 11.1 Å². The molecular weight excluding hydrogens is 340 g/mol. The van der Waals surface area contributed by atoms with Crippen molar-refractivity contribution in [1.82, 2.24) is 19.5 Å². The van der Waals surface area contributed by atoms with Gasteiger partial charge in [0, 0.05) is 18.2 Å². The Labute approximate surface area is 155 Å². The highest BCUT2D eigenvalue weighted by atomic mass is 16.2. The van der Waals surface area contributed by atoms with Gasteiger partial charge in [-0.1, -0.05) is 59.7 Å². The number of nitrogens with zero attached hydrogens (tertiary/aromatic N) is 3. The second-order valence-electron chi connectivity index (χ2n) is 6.65. The highest BCUT2D eigenvalue weighted by molar-refractivity contribution is 5.90. The van der Waals surface area contributed by atoms with E-state index < -0.39 is 11.2 Å². The molecule has 0 fully saturated rings. The molecule has 0 atom stereocenters. The molecule has 0 aliphatic carbocycles. The van der Waals surface area contributed by atoms with Crippen LogP contribution in [0.5, 0.6) is 0 Å². The number of H-pyrrole nitrogens is 1. The summed E-state index contributed by atoms with van der Waals surface area (Å²) in [6.45, 7) is 4.00. The number of hydrogen-bond donors (Lipinski definition) is 1. The number of hydrogen-bond acceptors (Lipinski definition) is 4. The van der Waals surface area contributed by atoms with Gasteiger partial charge < -0.3 is 0 Å². The van der Waals surface area contributed by atoms with E-state index >= 15 is 0 Å². The van der Waals surface area contributed by atoms with Crippen molar-refractivity contribution in [2.24, 2.45) is 7.05 Å². The summed E-state index contributed by atoms with van der Waals surface area (Å²) >= 11 is 0. The second kappa shape index (κ2) is 6.32. The van der Waals surface area contributed by atoms with Crippen molar-refractivity contribution in [3.63, 3.8) is 0 Å². The first-order valence-electron chi connectivity index (χ1n) is 8.59. The van der Waals surface area contributed by atoms with Crippen LogP contribution in [0.2, 0.25) is 0 Å². The average molecular weight is 358 g/mol. The van der Waals surface area contributed by atoms with Crippen molar-refractivity contribution >= 4 is 11.0 Å². The summed E-state index contributed by atoms with van der Waals surface area (Å²) in [5.41, 5.74) is 3.67. The summed E-state index contributed by atoms with van der Waals surface area (Å²) in [5.74, 6) is 0.460. The van der Waals surface area contributed by atoms with Crippen LogP contribution in [0.25, 0.3) is 33.7 Å². The summed E-state index contributed by atoms with van der Waals surface area (Å²) in [4.78, 5) is 36.7. The molecule has 6 heteroatoms. The van der Waals surface area contributed by atoms with Gasteiger partial charge in [0.1, 0.15) is 5.39 Å². The quantitative estimate of drug-likeness (QED) is 0.597. The first-order chi connectivity index (χ1) is 12.9. The molecule has 4 rings (SSSR count). The highest BCUT2D eigenvalue weighted by Crippen LogP contribution is 2.26. The Kier molecular flexibility index (Phi) is 3.96. The molecule has 2 heterocycles. The summed E-state index contributed by atoms with van der Waals surface area (Å²) in [7, 11) is 1.44. The second-order valence-corrected chi connectivity index (χ2v) is 6.65. The van der Waals surface area contributed by atoms with Crippen molar-refractivity contribution in [3.05, 3.63) is 80.5 Å². The van der Waals surface area contributed by atoms with Gasteiger partial charge in [-0.2, -0.15) is 0 Å². The normalized spacial score (nSPS) is 11.1. The number of rotatable bonds is 2. The summed E-state index contributed by atoms with van der Waals surface area (Å²) in [6, 6.07) is 15.6. The van der Waals surface area contributed by atoms with Crippen LogP contribution in [0.3, 0.4) is 0 Å². The maximum atomic E-state index is 12.8. The van der Waals surface area contributed by atoms with Gasteiger partial charge in [0.05, 0.1) is 5.69 Å². The van der Waals surface area contributed by atoms with Crippen LogP contribution < -0.4 is 11.2 Å². The number of aryl methyl sites for hydroxylation is 2. The minimum atomic E-state index is -0.504. The van der Waals surface area contributed by atoms with Crippen LogP contribution in [0, 0.1) is 13.8 Å². The monoisotopic (exact) mass is 358 g/mol. The van der Waals surface area contributed by atoms with Gasteiger partial charge in [-0.15, -0.1) is 0 Å². The Balaban J connectivity index is 2.10. The molecule has 2 aromatic heterocycles. The molecule has 0 unspecified atom stereocenters. The Morgan fingerprint density at radius 2 is 1.37 bits per heavy atom. The first kappa shape index (κ1) is 16.9. The molecular formula is C21H18N4O2. The molecule has 27 heavy (non-hydrogen) atoms. The lowest BCUT2D eigenvalue weighted by Gasteiger charge is -2.10.